The molecule has 1 saturated carbocycles. The van der Waals surface area contributed by atoms with Gasteiger partial charge in [0.15, 0.2) is 11.6 Å². The Bertz CT molecular complexity index is 663. The topological polar surface area (TPSA) is 49.9 Å². The van der Waals surface area contributed by atoms with Gasteiger partial charge in [0.25, 0.3) is 5.91 Å². The predicted octanol–water partition coefficient (Wildman–Crippen LogP) is 3.09. The van der Waals surface area contributed by atoms with Gasteiger partial charge < -0.3 is 14.5 Å². The molecule has 142 valence electrons. The number of nitrogens with zero attached hydrogens (tertiary/aromatic N) is 2. The number of hydrogen-bond acceptors (Lipinski definition) is 3. The Morgan fingerprint density at radius 1 is 1.08 bits per heavy atom. The molecular formula is C20H27FN2O3. The lowest BCUT2D eigenvalue weighted by atomic mass is 10.1. The van der Waals surface area contributed by atoms with E-state index in [2.05, 4.69) is 0 Å². The van der Waals surface area contributed by atoms with Gasteiger partial charge in [0.05, 0.1) is 6.10 Å². The van der Waals surface area contributed by atoms with Crippen LogP contribution in [-0.2, 0) is 4.79 Å². The Labute approximate surface area is 154 Å². The summed E-state index contributed by atoms with van der Waals surface area (Å²) in [6.45, 7) is 5.73. The largest absolute Gasteiger partial charge is 0.488 e. The summed E-state index contributed by atoms with van der Waals surface area (Å²) in [5.41, 5.74) is 0.314. The lowest BCUT2D eigenvalue weighted by Gasteiger charge is -2.36. The molecular weight excluding hydrogens is 335 g/mol. The highest BCUT2D eigenvalue weighted by atomic mass is 19.1. The molecule has 0 aromatic heterocycles. The van der Waals surface area contributed by atoms with Gasteiger partial charge in [-0.1, -0.05) is 12.8 Å². The highest BCUT2D eigenvalue weighted by Crippen LogP contribution is 2.27. The van der Waals surface area contributed by atoms with E-state index in [1.54, 1.807) is 11.0 Å². The molecule has 0 bridgehead atoms. The molecule has 1 aliphatic carbocycles. The van der Waals surface area contributed by atoms with Gasteiger partial charge in [-0.15, -0.1) is 0 Å². The van der Waals surface area contributed by atoms with E-state index in [-0.39, 0.29) is 29.6 Å². The van der Waals surface area contributed by atoms with Gasteiger partial charge in [0.1, 0.15) is 0 Å². The maximum absolute atomic E-state index is 14.1. The first-order valence-electron chi connectivity index (χ1n) is 9.50. The molecule has 5 nitrogen and oxygen atoms in total. The summed E-state index contributed by atoms with van der Waals surface area (Å²) >= 11 is 0. The van der Waals surface area contributed by atoms with Gasteiger partial charge in [-0.25, -0.2) is 4.39 Å². The van der Waals surface area contributed by atoms with Crippen LogP contribution in [0.25, 0.3) is 0 Å². The van der Waals surface area contributed by atoms with Gasteiger partial charge in [-0.2, -0.15) is 0 Å². The van der Waals surface area contributed by atoms with E-state index in [0.717, 1.165) is 25.7 Å². The van der Waals surface area contributed by atoms with E-state index in [0.29, 0.717) is 31.7 Å². The van der Waals surface area contributed by atoms with Crippen LogP contribution in [0.4, 0.5) is 4.39 Å². The molecule has 2 fully saturated rings. The molecule has 0 N–H and O–H groups in total. The van der Waals surface area contributed by atoms with Crippen LogP contribution in [0, 0.1) is 11.7 Å². The molecule has 2 amide bonds. The fourth-order valence-electron chi connectivity index (χ4n) is 3.73. The van der Waals surface area contributed by atoms with Crippen molar-refractivity contribution in [2.75, 3.05) is 26.2 Å². The van der Waals surface area contributed by atoms with Crippen molar-refractivity contribution in [1.82, 2.24) is 9.80 Å². The number of halogens is 1. The Kier molecular flexibility index (Phi) is 5.79. The molecule has 3 rings (SSSR count). The smallest absolute Gasteiger partial charge is 0.254 e. The highest BCUT2D eigenvalue weighted by Gasteiger charge is 2.30. The summed E-state index contributed by atoms with van der Waals surface area (Å²) in [6.07, 6.45) is 4.12. The molecule has 6 heteroatoms. The Hall–Kier alpha value is -2.11. The fourth-order valence-corrected chi connectivity index (χ4v) is 3.73. The van der Waals surface area contributed by atoms with E-state index in [1.807, 2.05) is 18.7 Å². The van der Waals surface area contributed by atoms with Crippen molar-refractivity contribution in [3.8, 4) is 5.75 Å². The van der Waals surface area contributed by atoms with Crippen LogP contribution in [0.1, 0.15) is 49.9 Å². The van der Waals surface area contributed by atoms with Crippen LogP contribution < -0.4 is 4.74 Å². The summed E-state index contributed by atoms with van der Waals surface area (Å²) in [5, 5.41) is 0. The first-order chi connectivity index (χ1) is 12.5. The maximum Gasteiger partial charge on any atom is 0.254 e. The van der Waals surface area contributed by atoms with Crippen molar-refractivity contribution in [2.24, 2.45) is 5.92 Å². The van der Waals surface area contributed by atoms with Crippen LogP contribution in [0.3, 0.4) is 0 Å². The molecule has 26 heavy (non-hydrogen) atoms. The van der Waals surface area contributed by atoms with Crippen molar-refractivity contribution >= 4 is 11.8 Å². The zero-order chi connectivity index (χ0) is 18.7. The standard InChI is InChI=1S/C20H27FN2O3/c1-14(2)26-18-8-7-16(13-17(18)21)20(25)23-11-9-22(10-12-23)19(24)15-5-3-4-6-15/h7-8,13-15H,3-6,9-12H2,1-2H3. The predicted molar refractivity (Wildman–Crippen MR) is 96.6 cm³/mol. The maximum atomic E-state index is 14.1. The number of hydrogen-bond donors (Lipinski definition) is 0. The molecule has 1 aromatic rings. The van der Waals surface area contributed by atoms with E-state index in [9.17, 15) is 14.0 Å². The van der Waals surface area contributed by atoms with Crippen molar-refractivity contribution in [1.29, 1.82) is 0 Å². The summed E-state index contributed by atoms with van der Waals surface area (Å²) in [4.78, 5) is 28.7. The molecule has 0 spiro atoms. The summed E-state index contributed by atoms with van der Waals surface area (Å²) in [7, 11) is 0. The number of benzene rings is 1. The number of carbonyl (C=O) groups excluding carboxylic acids is 2. The molecule has 1 saturated heterocycles. The number of piperazine rings is 1. The molecule has 1 aromatic carbocycles. The highest BCUT2D eigenvalue weighted by molar-refractivity contribution is 5.94. The van der Waals surface area contributed by atoms with Crippen LogP contribution in [-0.4, -0.2) is 53.9 Å². The second-order valence-electron chi connectivity index (χ2n) is 7.41. The second-order valence-corrected chi connectivity index (χ2v) is 7.41. The minimum Gasteiger partial charge on any atom is -0.488 e. The van der Waals surface area contributed by atoms with E-state index in [1.165, 1.54) is 12.1 Å². The molecule has 0 unspecified atom stereocenters. The van der Waals surface area contributed by atoms with Gasteiger partial charge in [0.2, 0.25) is 5.91 Å². The van der Waals surface area contributed by atoms with Crippen molar-refractivity contribution < 1.29 is 18.7 Å². The second kappa shape index (κ2) is 8.06. The van der Waals surface area contributed by atoms with Crippen LogP contribution in [0.5, 0.6) is 5.75 Å². The molecule has 2 aliphatic rings. The summed E-state index contributed by atoms with van der Waals surface area (Å²) in [5.74, 6) is -0.174. The molecule has 0 atom stereocenters. The summed E-state index contributed by atoms with van der Waals surface area (Å²) < 4.78 is 19.5. The third kappa shape index (κ3) is 4.17. The normalized spacial score (nSPS) is 18.5. The number of carbonyl (C=O) groups is 2. The Balaban J connectivity index is 1.58. The zero-order valence-electron chi connectivity index (χ0n) is 15.5. The third-order valence-electron chi connectivity index (χ3n) is 5.12. The fraction of sp³-hybridized carbons (Fsp3) is 0.600. The number of rotatable bonds is 4. The zero-order valence-corrected chi connectivity index (χ0v) is 15.5. The van der Waals surface area contributed by atoms with Gasteiger partial charge in [0, 0.05) is 37.7 Å². The third-order valence-corrected chi connectivity index (χ3v) is 5.12. The summed E-state index contributed by atoms with van der Waals surface area (Å²) in [6, 6.07) is 4.33. The van der Waals surface area contributed by atoms with Gasteiger partial charge >= 0.3 is 0 Å². The van der Waals surface area contributed by atoms with Crippen molar-refractivity contribution in [2.45, 2.75) is 45.6 Å². The van der Waals surface area contributed by atoms with Crippen molar-refractivity contribution in [3.05, 3.63) is 29.6 Å². The lowest BCUT2D eigenvalue weighted by molar-refractivity contribution is -0.136. The van der Waals surface area contributed by atoms with Gasteiger partial charge in [-0.3, -0.25) is 9.59 Å². The SMILES string of the molecule is CC(C)Oc1ccc(C(=O)N2CCN(C(=O)C3CCCC3)CC2)cc1F. The molecule has 1 aliphatic heterocycles. The number of ether oxygens (including phenoxy) is 1. The van der Waals surface area contributed by atoms with E-state index in [4.69, 9.17) is 4.74 Å². The Morgan fingerprint density at radius 3 is 2.27 bits per heavy atom. The van der Waals surface area contributed by atoms with Gasteiger partial charge in [-0.05, 0) is 44.9 Å². The minimum absolute atomic E-state index is 0.128. The molecule has 0 radical (unpaired) electrons. The monoisotopic (exact) mass is 362 g/mol. The first-order valence-corrected chi connectivity index (χ1v) is 9.50. The molecule has 1 heterocycles. The van der Waals surface area contributed by atoms with E-state index < -0.39 is 5.82 Å². The van der Waals surface area contributed by atoms with E-state index >= 15 is 0 Å². The van der Waals surface area contributed by atoms with Crippen molar-refractivity contribution in [3.63, 3.8) is 0 Å². The Morgan fingerprint density at radius 2 is 1.69 bits per heavy atom. The van der Waals surface area contributed by atoms with Crippen LogP contribution in [0.2, 0.25) is 0 Å². The van der Waals surface area contributed by atoms with Crippen LogP contribution in [0.15, 0.2) is 18.2 Å². The minimum atomic E-state index is -0.528. The van der Waals surface area contributed by atoms with Crippen LogP contribution >= 0.6 is 0 Å². The number of amides is 2. The average molecular weight is 362 g/mol. The quantitative estimate of drug-likeness (QED) is 0.827. The lowest BCUT2D eigenvalue weighted by Crippen LogP contribution is -2.51. The first kappa shape index (κ1) is 18.7. The average Bonchev–Trinajstić information content (AvgIpc) is 3.16.